The number of fused-ring (bicyclic) bond motifs is 4. The van der Waals surface area contributed by atoms with Crippen molar-refractivity contribution < 1.29 is 0 Å². The minimum atomic E-state index is -0.154. The van der Waals surface area contributed by atoms with Crippen molar-refractivity contribution in [3.63, 3.8) is 0 Å². The third kappa shape index (κ3) is 4.21. The van der Waals surface area contributed by atoms with E-state index in [1.165, 1.54) is 82.0 Å². The van der Waals surface area contributed by atoms with Crippen LogP contribution in [0.3, 0.4) is 0 Å². The van der Waals surface area contributed by atoms with Crippen LogP contribution in [-0.4, -0.2) is 9.52 Å². The average Bonchev–Trinajstić information content (AvgIpc) is 3.06. The molecule has 0 aliphatic heterocycles. The van der Waals surface area contributed by atoms with E-state index in [-0.39, 0.29) is 9.52 Å². The maximum absolute atomic E-state index is 2.43. The first-order valence-corrected chi connectivity index (χ1v) is 17.3. The van der Waals surface area contributed by atoms with Crippen LogP contribution < -0.4 is 5.19 Å². The lowest BCUT2D eigenvalue weighted by Crippen LogP contribution is -2.08. The van der Waals surface area contributed by atoms with Crippen molar-refractivity contribution in [2.75, 3.05) is 0 Å². The van der Waals surface area contributed by atoms with Crippen LogP contribution in [0.5, 0.6) is 0 Å². The van der Waals surface area contributed by atoms with E-state index in [9.17, 15) is 0 Å². The fraction of sp³-hybridized carbons (Fsp3) is 0.0732. The van der Waals surface area contributed by atoms with Crippen LogP contribution in [0.15, 0.2) is 133 Å². The van der Waals surface area contributed by atoms with Gasteiger partial charge in [-0.15, -0.1) is 0 Å². The van der Waals surface area contributed by atoms with Crippen LogP contribution in [0.4, 0.5) is 0 Å². The first-order chi connectivity index (χ1) is 20.8. The minimum absolute atomic E-state index is 0.154. The van der Waals surface area contributed by atoms with Gasteiger partial charge < -0.3 is 0 Å². The molecule has 0 saturated heterocycles. The van der Waals surface area contributed by atoms with E-state index in [1.807, 2.05) is 0 Å². The number of hydrogen-bond donors (Lipinski definition) is 0. The second-order valence-corrected chi connectivity index (χ2v) is 13.1. The van der Waals surface area contributed by atoms with Crippen molar-refractivity contribution >= 4 is 53.1 Å². The molecule has 0 N–H and O–H groups in total. The van der Waals surface area contributed by atoms with Gasteiger partial charge in [-0.05, 0) is 102 Å². The van der Waals surface area contributed by atoms with Crippen LogP contribution in [0.25, 0.3) is 71.8 Å². The Hall–Kier alpha value is -4.72. The minimum Gasteiger partial charge on any atom is -0.0836 e. The van der Waals surface area contributed by atoms with Gasteiger partial charge in [-0.25, -0.2) is 0 Å². The van der Waals surface area contributed by atoms with Crippen molar-refractivity contribution in [1.29, 1.82) is 0 Å². The van der Waals surface area contributed by atoms with Gasteiger partial charge in [0.2, 0.25) is 0 Å². The Kier molecular flexibility index (Phi) is 6.12. The molecule has 7 aromatic rings. The van der Waals surface area contributed by atoms with Crippen LogP contribution in [0.2, 0.25) is 6.55 Å². The smallest absolute Gasteiger partial charge is 0.0517 e. The van der Waals surface area contributed by atoms with Crippen molar-refractivity contribution in [2.24, 2.45) is 0 Å². The van der Waals surface area contributed by atoms with Gasteiger partial charge in [0.05, 0.1) is 9.52 Å². The molecule has 1 aliphatic rings. The highest BCUT2D eigenvalue weighted by molar-refractivity contribution is 6.52. The lowest BCUT2D eigenvalue weighted by atomic mass is 9.84. The Morgan fingerprint density at radius 1 is 0.500 bits per heavy atom. The highest BCUT2D eigenvalue weighted by Crippen LogP contribution is 2.44. The second-order valence-electron chi connectivity index (χ2n) is 11.5. The van der Waals surface area contributed by atoms with Crippen molar-refractivity contribution in [3.05, 3.63) is 145 Å². The normalized spacial score (nSPS) is 13.0. The third-order valence-electron chi connectivity index (χ3n) is 9.04. The van der Waals surface area contributed by atoms with Gasteiger partial charge >= 0.3 is 0 Å². The molecule has 0 unspecified atom stereocenters. The molecule has 200 valence electrons. The quantitative estimate of drug-likeness (QED) is 0.151. The number of benzene rings is 7. The maximum atomic E-state index is 2.43. The Bertz CT molecular complexity index is 2130. The summed E-state index contributed by atoms with van der Waals surface area (Å²) in [6.45, 7) is 2.35. The fourth-order valence-electron chi connectivity index (χ4n) is 6.89. The Morgan fingerprint density at radius 2 is 1.10 bits per heavy atom. The molecule has 0 spiro atoms. The van der Waals surface area contributed by atoms with Gasteiger partial charge in [-0.3, -0.25) is 0 Å². The van der Waals surface area contributed by atoms with Crippen LogP contribution in [0, 0.1) is 0 Å². The summed E-state index contributed by atoms with van der Waals surface area (Å²) in [5.41, 5.74) is 10.5. The zero-order valence-corrected chi connectivity index (χ0v) is 25.3. The van der Waals surface area contributed by atoms with E-state index in [1.54, 1.807) is 0 Å². The number of allylic oxidation sites excluding steroid dienone is 1. The Morgan fingerprint density at radius 3 is 1.81 bits per heavy atom. The molecule has 42 heavy (non-hydrogen) atoms. The number of hydrogen-bond acceptors (Lipinski definition) is 0. The Labute approximate surface area is 249 Å². The topological polar surface area (TPSA) is 0 Å². The number of aryl methyl sites for hydroxylation is 1. The lowest BCUT2D eigenvalue weighted by molar-refractivity contribution is 0.986. The molecular weight excluding hydrogens is 521 g/mol. The number of rotatable bonds is 4. The standard InChI is InChI=1S/C41H32Si/c1-42-35-22-21-31-23-30(18-19-32(31)26-35)29-11-8-12-33(25-29)40-36-13-4-6-15-38(36)41(39-16-7-5-14-37(39)40)34-20-17-27-9-2-3-10-28(27)24-34/h2,4-9,11-26H,3,10,42H2,1H3. The molecule has 8 rings (SSSR count). The fourth-order valence-corrected chi connectivity index (χ4v) is 7.67. The van der Waals surface area contributed by atoms with Gasteiger partial charge in [-0.2, -0.15) is 0 Å². The molecule has 0 atom stereocenters. The van der Waals surface area contributed by atoms with Crippen molar-refractivity contribution in [1.82, 2.24) is 0 Å². The summed E-state index contributed by atoms with van der Waals surface area (Å²) in [5, 5.41) is 9.39. The van der Waals surface area contributed by atoms with Gasteiger partial charge in [0.25, 0.3) is 0 Å². The largest absolute Gasteiger partial charge is 0.0836 e. The third-order valence-corrected chi connectivity index (χ3v) is 10.3. The summed E-state index contributed by atoms with van der Waals surface area (Å²) < 4.78 is 0. The van der Waals surface area contributed by atoms with Crippen molar-refractivity contribution in [3.8, 4) is 33.4 Å². The van der Waals surface area contributed by atoms with E-state index in [0.717, 1.165) is 12.8 Å². The van der Waals surface area contributed by atoms with E-state index >= 15 is 0 Å². The second kappa shape index (κ2) is 10.3. The monoisotopic (exact) mass is 552 g/mol. The molecule has 0 fully saturated rings. The first kappa shape index (κ1) is 25.0. The summed E-state index contributed by atoms with van der Waals surface area (Å²) in [5.74, 6) is 0. The zero-order chi connectivity index (χ0) is 28.0. The average molecular weight is 553 g/mol. The van der Waals surface area contributed by atoms with Crippen LogP contribution in [-0.2, 0) is 6.42 Å². The SMILES string of the molecule is C[SiH2]c1ccc2cc(-c3cccc(-c4c5ccccc5c(-c5ccc6c(c5)CCC=C6)c5ccccc45)c3)ccc2c1. The predicted octanol–water partition coefficient (Wildman–Crippen LogP) is 9.95. The van der Waals surface area contributed by atoms with Crippen LogP contribution in [0.1, 0.15) is 17.5 Å². The maximum Gasteiger partial charge on any atom is 0.0517 e. The molecule has 0 bridgehead atoms. The summed E-state index contributed by atoms with van der Waals surface area (Å²) in [6, 6.07) is 48.0. The van der Waals surface area contributed by atoms with E-state index in [0.29, 0.717) is 0 Å². The summed E-state index contributed by atoms with van der Waals surface area (Å²) in [6.07, 6.45) is 6.79. The van der Waals surface area contributed by atoms with E-state index in [2.05, 4.69) is 146 Å². The molecule has 0 radical (unpaired) electrons. The molecule has 1 aliphatic carbocycles. The van der Waals surface area contributed by atoms with E-state index < -0.39 is 0 Å². The lowest BCUT2D eigenvalue weighted by Gasteiger charge is -2.19. The molecular formula is C41H32Si. The summed E-state index contributed by atoms with van der Waals surface area (Å²) in [4.78, 5) is 0. The summed E-state index contributed by atoms with van der Waals surface area (Å²) in [7, 11) is -0.154. The molecule has 0 saturated carbocycles. The van der Waals surface area contributed by atoms with Gasteiger partial charge in [-0.1, -0.05) is 139 Å². The van der Waals surface area contributed by atoms with Gasteiger partial charge in [0, 0.05) is 0 Å². The van der Waals surface area contributed by atoms with Gasteiger partial charge in [0.15, 0.2) is 0 Å². The molecule has 0 heterocycles. The predicted molar refractivity (Wildman–Crippen MR) is 187 cm³/mol. The van der Waals surface area contributed by atoms with E-state index in [4.69, 9.17) is 0 Å². The zero-order valence-electron chi connectivity index (χ0n) is 23.9. The molecule has 0 aromatic heterocycles. The van der Waals surface area contributed by atoms with Crippen LogP contribution >= 0.6 is 0 Å². The first-order valence-electron chi connectivity index (χ1n) is 15.1. The summed E-state index contributed by atoms with van der Waals surface area (Å²) >= 11 is 0. The Balaban J connectivity index is 1.34. The molecule has 1 heteroatoms. The molecule has 7 aromatic carbocycles. The molecule has 0 nitrogen and oxygen atoms in total. The molecule has 0 amide bonds. The van der Waals surface area contributed by atoms with Gasteiger partial charge in [0.1, 0.15) is 0 Å². The highest BCUT2D eigenvalue weighted by Gasteiger charge is 2.18. The highest BCUT2D eigenvalue weighted by atomic mass is 28.2. The van der Waals surface area contributed by atoms with Crippen molar-refractivity contribution in [2.45, 2.75) is 19.4 Å².